The zero-order chi connectivity index (χ0) is 25.8. The molecule has 0 aliphatic carbocycles. The van der Waals surface area contributed by atoms with Gasteiger partial charge in [-0.15, -0.1) is 0 Å². The number of benzene rings is 3. The SMILES string of the molecule is CCOC(=O)c1ccccc1N1C(=O)C(Cl)=C(Nc2ccc(C(=O)Oc3ccccc3Cl)cc2)C1=O. The molecule has 0 atom stereocenters. The van der Waals surface area contributed by atoms with Crippen LogP contribution in [0.15, 0.2) is 83.5 Å². The van der Waals surface area contributed by atoms with Crippen LogP contribution < -0.4 is 15.0 Å². The number of amides is 2. The summed E-state index contributed by atoms with van der Waals surface area (Å²) in [6, 6.07) is 18.6. The second-order valence-electron chi connectivity index (χ2n) is 7.39. The van der Waals surface area contributed by atoms with Gasteiger partial charge < -0.3 is 14.8 Å². The molecule has 0 unspecified atom stereocenters. The van der Waals surface area contributed by atoms with Gasteiger partial charge in [-0.25, -0.2) is 14.5 Å². The van der Waals surface area contributed by atoms with Crippen molar-refractivity contribution < 1.29 is 28.7 Å². The molecule has 0 fully saturated rings. The molecule has 0 bridgehead atoms. The molecule has 1 heterocycles. The molecular formula is C26H18Cl2N2O6. The Morgan fingerprint density at radius 2 is 1.53 bits per heavy atom. The van der Waals surface area contributed by atoms with E-state index in [9.17, 15) is 19.2 Å². The number of ether oxygens (including phenoxy) is 2. The number of esters is 2. The second-order valence-corrected chi connectivity index (χ2v) is 8.18. The average molecular weight is 525 g/mol. The van der Waals surface area contributed by atoms with Gasteiger partial charge in [0.05, 0.1) is 28.4 Å². The summed E-state index contributed by atoms with van der Waals surface area (Å²) in [5, 5.41) is 2.76. The molecule has 0 saturated heterocycles. The van der Waals surface area contributed by atoms with E-state index in [-0.39, 0.29) is 39.9 Å². The number of anilines is 2. The monoisotopic (exact) mass is 524 g/mol. The number of hydrogen-bond acceptors (Lipinski definition) is 7. The van der Waals surface area contributed by atoms with E-state index in [0.29, 0.717) is 10.7 Å². The van der Waals surface area contributed by atoms with Crippen molar-refractivity contribution in [1.29, 1.82) is 0 Å². The molecule has 2 amide bonds. The third kappa shape index (κ3) is 4.95. The predicted octanol–water partition coefficient (Wildman–Crippen LogP) is 5.17. The highest BCUT2D eigenvalue weighted by Gasteiger charge is 2.40. The van der Waals surface area contributed by atoms with Crippen molar-refractivity contribution >= 4 is 58.3 Å². The normalized spacial score (nSPS) is 13.1. The first kappa shape index (κ1) is 25.0. The maximum absolute atomic E-state index is 13.1. The summed E-state index contributed by atoms with van der Waals surface area (Å²) < 4.78 is 10.3. The van der Waals surface area contributed by atoms with Crippen molar-refractivity contribution in [3.8, 4) is 5.75 Å². The number of nitrogens with zero attached hydrogens (tertiary/aromatic N) is 1. The summed E-state index contributed by atoms with van der Waals surface area (Å²) in [4.78, 5) is 51.6. The van der Waals surface area contributed by atoms with E-state index in [2.05, 4.69) is 5.32 Å². The molecule has 1 N–H and O–H groups in total. The Morgan fingerprint density at radius 1 is 0.861 bits per heavy atom. The Hall–Kier alpha value is -4.14. The Balaban J connectivity index is 1.52. The van der Waals surface area contributed by atoms with E-state index >= 15 is 0 Å². The van der Waals surface area contributed by atoms with E-state index in [1.54, 1.807) is 43.3 Å². The number of rotatable bonds is 7. The lowest BCUT2D eigenvalue weighted by Gasteiger charge is -2.18. The lowest BCUT2D eigenvalue weighted by Crippen LogP contribution is -2.33. The van der Waals surface area contributed by atoms with Crippen LogP contribution in [-0.2, 0) is 14.3 Å². The molecule has 3 aromatic rings. The molecule has 0 saturated carbocycles. The maximum Gasteiger partial charge on any atom is 0.343 e. The Kier molecular flexibility index (Phi) is 7.38. The summed E-state index contributed by atoms with van der Waals surface area (Å²) in [7, 11) is 0. The van der Waals surface area contributed by atoms with Gasteiger partial charge in [-0.3, -0.25) is 9.59 Å². The molecule has 3 aromatic carbocycles. The molecular weight excluding hydrogens is 507 g/mol. The molecule has 8 nitrogen and oxygen atoms in total. The number of nitrogens with one attached hydrogen (secondary N) is 1. The number of carbonyl (C=O) groups excluding carboxylic acids is 4. The fraction of sp³-hybridized carbons (Fsp3) is 0.0769. The van der Waals surface area contributed by atoms with Crippen LogP contribution in [0.25, 0.3) is 0 Å². The van der Waals surface area contributed by atoms with Gasteiger partial charge in [-0.2, -0.15) is 0 Å². The van der Waals surface area contributed by atoms with Crippen LogP contribution in [0.4, 0.5) is 11.4 Å². The van der Waals surface area contributed by atoms with E-state index in [1.165, 1.54) is 36.4 Å². The van der Waals surface area contributed by atoms with Crippen molar-refractivity contribution in [2.24, 2.45) is 0 Å². The van der Waals surface area contributed by atoms with Crippen molar-refractivity contribution in [3.05, 3.63) is 99.7 Å². The van der Waals surface area contributed by atoms with Gasteiger partial charge >= 0.3 is 11.9 Å². The Labute approximate surface area is 216 Å². The molecule has 1 aliphatic rings. The summed E-state index contributed by atoms with van der Waals surface area (Å²) in [6.07, 6.45) is 0. The largest absolute Gasteiger partial charge is 0.462 e. The van der Waals surface area contributed by atoms with Gasteiger partial charge in [0.25, 0.3) is 11.8 Å². The van der Waals surface area contributed by atoms with E-state index < -0.39 is 23.8 Å². The third-order valence-corrected chi connectivity index (χ3v) is 5.76. The Bertz CT molecular complexity index is 1400. The molecule has 0 spiro atoms. The van der Waals surface area contributed by atoms with Crippen LogP contribution in [0.2, 0.25) is 5.02 Å². The molecule has 0 radical (unpaired) electrons. The molecule has 0 aromatic heterocycles. The van der Waals surface area contributed by atoms with Crippen LogP contribution in [0, 0.1) is 0 Å². The first-order chi connectivity index (χ1) is 17.3. The van der Waals surface area contributed by atoms with Gasteiger partial charge in [-0.05, 0) is 55.5 Å². The fourth-order valence-corrected chi connectivity index (χ4v) is 3.79. The van der Waals surface area contributed by atoms with E-state index in [0.717, 1.165) is 4.90 Å². The topological polar surface area (TPSA) is 102 Å². The van der Waals surface area contributed by atoms with Gasteiger partial charge in [-0.1, -0.05) is 47.5 Å². The van der Waals surface area contributed by atoms with Crippen molar-refractivity contribution in [3.63, 3.8) is 0 Å². The van der Waals surface area contributed by atoms with E-state index in [4.69, 9.17) is 32.7 Å². The number of halogens is 2. The summed E-state index contributed by atoms with van der Waals surface area (Å²) in [5.41, 5.74) is 0.553. The number of imide groups is 1. The Morgan fingerprint density at radius 3 is 2.22 bits per heavy atom. The number of para-hydroxylation sites is 2. The van der Waals surface area contributed by atoms with Crippen molar-refractivity contribution in [1.82, 2.24) is 0 Å². The highest BCUT2D eigenvalue weighted by molar-refractivity contribution is 6.53. The average Bonchev–Trinajstić information content (AvgIpc) is 3.08. The lowest BCUT2D eigenvalue weighted by molar-refractivity contribution is -0.120. The minimum absolute atomic E-state index is 0.0492. The highest BCUT2D eigenvalue weighted by Crippen LogP contribution is 2.32. The molecule has 10 heteroatoms. The molecule has 1 aliphatic heterocycles. The molecule has 36 heavy (non-hydrogen) atoms. The van der Waals surface area contributed by atoms with Gasteiger partial charge in [0.15, 0.2) is 0 Å². The quantitative estimate of drug-likeness (QED) is 0.258. The lowest BCUT2D eigenvalue weighted by atomic mass is 10.1. The minimum Gasteiger partial charge on any atom is -0.462 e. The van der Waals surface area contributed by atoms with Crippen LogP contribution in [0.5, 0.6) is 5.75 Å². The smallest absolute Gasteiger partial charge is 0.343 e. The minimum atomic E-state index is -0.791. The zero-order valence-corrected chi connectivity index (χ0v) is 20.3. The van der Waals surface area contributed by atoms with Gasteiger partial charge in [0.2, 0.25) is 0 Å². The first-order valence-electron chi connectivity index (χ1n) is 10.7. The van der Waals surface area contributed by atoms with Crippen molar-refractivity contribution in [2.45, 2.75) is 6.92 Å². The van der Waals surface area contributed by atoms with Crippen LogP contribution in [0.3, 0.4) is 0 Å². The summed E-state index contributed by atoms with van der Waals surface area (Å²) in [6.45, 7) is 1.78. The fourth-order valence-electron chi connectivity index (χ4n) is 3.40. The summed E-state index contributed by atoms with van der Waals surface area (Å²) >= 11 is 12.2. The van der Waals surface area contributed by atoms with E-state index in [1.807, 2.05) is 0 Å². The molecule has 4 rings (SSSR count). The maximum atomic E-state index is 13.1. The third-order valence-electron chi connectivity index (χ3n) is 5.10. The van der Waals surface area contributed by atoms with Gasteiger partial charge in [0.1, 0.15) is 16.5 Å². The molecule has 182 valence electrons. The first-order valence-corrected chi connectivity index (χ1v) is 11.5. The van der Waals surface area contributed by atoms with Crippen molar-refractivity contribution in [2.75, 3.05) is 16.8 Å². The summed E-state index contributed by atoms with van der Waals surface area (Å²) in [5.74, 6) is -2.61. The standard InChI is InChI=1S/C26H18Cl2N2O6/c1-2-35-26(34)17-7-3-5-9-19(17)30-23(31)21(28)22(24(30)32)29-16-13-11-15(12-14-16)25(33)36-20-10-6-4-8-18(20)27/h3-14,29H,2H2,1H3. The van der Waals surface area contributed by atoms with Crippen LogP contribution in [-0.4, -0.2) is 30.4 Å². The van der Waals surface area contributed by atoms with Gasteiger partial charge in [0, 0.05) is 5.69 Å². The van der Waals surface area contributed by atoms with Crippen LogP contribution in [0.1, 0.15) is 27.6 Å². The number of carbonyl (C=O) groups is 4. The number of hydrogen-bond donors (Lipinski definition) is 1. The predicted molar refractivity (Wildman–Crippen MR) is 134 cm³/mol. The second kappa shape index (κ2) is 10.6. The van der Waals surface area contributed by atoms with Crippen LogP contribution >= 0.6 is 23.2 Å². The zero-order valence-electron chi connectivity index (χ0n) is 18.8. The highest BCUT2D eigenvalue weighted by atomic mass is 35.5.